The molecule has 5 rings (SSSR count). The van der Waals surface area contributed by atoms with Crippen molar-refractivity contribution in [1.29, 1.82) is 0 Å². The number of amides is 3. The highest BCUT2D eigenvalue weighted by atomic mass is 32.1. The van der Waals surface area contributed by atoms with Crippen LogP contribution in [0.1, 0.15) is 16.8 Å². The van der Waals surface area contributed by atoms with E-state index in [2.05, 4.69) is 36.0 Å². The van der Waals surface area contributed by atoms with E-state index in [-0.39, 0.29) is 44.4 Å². The van der Waals surface area contributed by atoms with Crippen molar-refractivity contribution in [2.24, 2.45) is 0 Å². The Labute approximate surface area is 248 Å². The highest BCUT2D eigenvalue weighted by Gasteiger charge is 2.22. The van der Waals surface area contributed by atoms with Crippen LogP contribution in [-0.4, -0.2) is 78.5 Å². The van der Waals surface area contributed by atoms with Crippen LogP contribution < -0.4 is 26.4 Å². The number of nitrogens with zero attached hydrogens (tertiary/aromatic N) is 4. The summed E-state index contributed by atoms with van der Waals surface area (Å²) in [7, 11) is 1.45. The standard InChI is InChI=1S/C27H28F2N8O5S/c1-40-16-5-2-4-15(12-16)24(38)32-20-13-17(18(28)14-19(20)29)23-34-25(42-36-23)21-22(30)33-27(43-21)35-26(39)31-6-3-7-37-8-10-41-11-9-37/h2,4-5,12-14H,3,6-11,30H2,1H3,(H,32,38)(H2,31,33,35,39). The summed E-state index contributed by atoms with van der Waals surface area (Å²) in [6, 6.07) is 7.46. The third-order valence-electron chi connectivity index (χ3n) is 6.41. The summed E-state index contributed by atoms with van der Waals surface area (Å²) in [5, 5.41) is 11.8. The van der Waals surface area contributed by atoms with E-state index < -0.39 is 23.6 Å². The Balaban J connectivity index is 1.23. The van der Waals surface area contributed by atoms with Gasteiger partial charge < -0.3 is 30.4 Å². The van der Waals surface area contributed by atoms with Gasteiger partial charge >= 0.3 is 6.03 Å². The first-order valence-corrected chi connectivity index (χ1v) is 14.0. The van der Waals surface area contributed by atoms with Gasteiger partial charge in [0, 0.05) is 31.3 Å². The Bertz CT molecular complexity index is 1610. The number of anilines is 3. The molecule has 4 aromatic rings. The molecule has 5 N–H and O–H groups in total. The number of ether oxygens (including phenoxy) is 2. The predicted octanol–water partition coefficient (Wildman–Crippen LogP) is 3.83. The van der Waals surface area contributed by atoms with Gasteiger partial charge in [-0.2, -0.15) is 4.98 Å². The van der Waals surface area contributed by atoms with Crippen LogP contribution in [0.3, 0.4) is 0 Å². The van der Waals surface area contributed by atoms with Gasteiger partial charge in [-0.25, -0.2) is 18.6 Å². The van der Waals surface area contributed by atoms with Gasteiger partial charge in [0.15, 0.2) is 5.13 Å². The number of nitrogens with two attached hydrogens (primary N) is 1. The first kappa shape index (κ1) is 29.8. The van der Waals surface area contributed by atoms with Gasteiger partial charge in [0.1, 0.15) is 28.1 Å². The van der Waals surface area contributed by atoms with E-state index in [1.165, 1.54) is 19.2 Å². The highest BCUT2D eigenvalue weighted by molar-refractivity contribution is 7.19. The SMILES string of the molecule is COc1cccc(C(=O)Nc2cc(-c3noc(-c4sc(NC(=O)NCCCN5CCOCC5)nc4N)n3)c(F)cc2F)c1. The van der Waals surface area contributed by atoms with Gasteiger partial charge in [-0.05, 0) is 37.2 Å². The topological polar surface area (TPSA) is 170 Å². The summed E-state index contributed by atoms with van der Waals surface area (Å²) in [6.45, 7) is 4.50. The Hall–Kier alpha value is -4.67. The van der Waals surface area contributed by atoms with Crippen molar-refractivity contribution in [2.45, 2.75) is 6.42 Å². The van der Waals surface area contributed by atoms with Gasteiger partial charge in [-0.3, -0.25) is 15.0 Å². The molecule has 43 heavy (non-hydrogen) atoms. The Morgan fingerprint density at radius 2 is 1.93 bits per heavy atom. The lowest BCUT2D eigenvalue weighted by Crippen LogP contribution is -2.38. The molecule has 1 aliphatic heterocycles. The molecule has 2 aromatic heterocycles. The zero-order chi connectivity index (χ0) is 30.3. The maximum atomic E-state index is 14.8. The van der Waals surface area contributed by atoms with Crippen molar-refractivity contribution in [3.05, 3.63) is 53.6 Å². The number of hydrogen-bond acceptors (Lipinski definition) is 11. The van der Waals surface area contributed by atoms with Crippen LogP contribution in [0, 0.1) is 11.6 Å². The van der Waals surface area contributed by atoms with Crippen molar-refractivity contribution in [3.8, 4) is 27.9 Å². The molecule has 0 aliphatic carbocycles. The second kappa shape index (κ2) is 13.5. The molecular formula is C27H28F2N8O5S. The Morgan fingerprint density at radius 3 is 2.72 bits per heavy atom. The molecule has 13 nitrogen and oxygen atoms in total. The van der Waals surface area contributed by atoms with Gasteiger partial charge in [0.05, 0.1) is 31.6 Å². The van der Waals surface area contributed by atoms with Gasteiger partial charge in [-0.15, -0.1) is 0 Å². The first-order valence-electron chi connectivity index (χ1n) is 13.2. The van der Waals surface area contributed by atoms with Crippen molar-refractivity contribution < 1.29 is 32.4 Å². The van der Waals surface area contributed by atoms with E-state index in [9.17, 15) is 18.4 Å². The zero-order valence-electron chi connectivity index (χ0n) is 23.0. The van der Waals surface area contributed by atoms with Crippen molar-refractivity contribution in [2.75, 3.05) is 62.9 Å². The predicted molar refractivity (Wildman–Crippen MR) is 155 cm³/mol. The minimum absolute atomic E-state index is 0.00800. The first-order chi connectivity index (χ1) is 20.8. The van der Waals surface area contributed by atoms with Crippen LogP contribution in [-0.2, 0) is 4.74 Å². The lowest BCUT2D eigenvalue weighted by molar-refractivity contribution is 0.0375. The molecule has 0 bridgehead atoms. The van der Waals surface area contributed by atoms with Crippen LogP contribution in [0.15, 0.2) is 40.9 Å². The maximum absolute atomic E-state index is 14.8. The molecular weight excluding hydrogens is 586 g/mol. The van der Waals surface area contributed by atoms with Gasteiger partial charge in [-0.1, -0.05) is 22.6 Å². The van der Waals surface area contributed by atoms with Crippen molar-refractivity contribution in [1.82, 2.24) is 25.3 Å². The van der Waals surface area contributed by atoms with E-state index in [1.54, 1.807) is 12.1 Å². The summed E-state index contributed by atoms with van der Waals surface area (Å²) >= 11 is 0.983. The second-order valence-electron chi connectivity index (χ2n) is 9.34. The lowest BCUT2D eigenvalue weighted by atomic mass is 10.1. The fraction of sp³-hybridized carbons (Fsp3) is 0.296. The van der Waals surface area contributed by atoms with Crippen molar-refractivity contribution >= 4 is 39.9 Å². The molecule has 0 radical (unpaired) electrons. The molecule has 0 unspecified atom stereocenters. The largest absolute Gasteiger partial charge is 0.497 e. The number of halogens is 2. The van der Waals surface area contributed by atoms with E-state index in [4.69, 9.17) is 19.7 Å². The van der Waals surface area contributed by atoms with Crippen LogP contribution in [0.4, 0.5) is 30.2 Å². The van der Waals surface area contributed by atoms with Crippen LogP contribution in [0.2, 0.25) is 0 Å². The van der Waals surface area contributed by atoms with Crippen LogP contribution in [0.25, 0.3) is 22.2 Å². The number of carbonyl (C=O) groups is 2. The summed E-state index contributed by atoms with van der Waals surface area (Å²) in [6.07, 6.45) is 0.774. The van der Waals surface area contributed by atoms with Crippen molar-refractivity contribution in [3.63, 3.8) is 0 Å². The summed E-state index contributed by atoms with van der Waals surface area (Å²) in [4.78, 5) is 35.8. The number of benzene rings is 2. The second-order valence-corrected chi connectivity index (χ2v) is 10.3. The molecule has 226 valence electrons. The fourth-order valence-electron chi connectivity index (χ4n) is 4.21. The average Bonchev–Trinajstić information content (AvgIpc) is 3.63. The fourth-order valence-corrected chi connectivity index (χ4v) is 5.01. The molecule has 1 aliphatic rings. The summed E-state index contributed by atoms with van der Waals surface area (Å²) in [5.74, 6) is -2.47. The number of urea groups is 1. The quantitative estimate of drug-likeness (QED) is 0.193. The number of carbonyl (C=O) groups excluding carboxylic acids is 2. The highest BCUT2D eigenvalue weighted by Crippen LogP contribution is 2.35. The number of rotatable bonds is 10. The molecule has 16 heteroatoms. The number of methoxy groups -OCH3 is 1. The molecule has 0 saturated carbocycles. The third-order valence-corrected chi connectivity index (χ3v) is 7.39. The number of thiazole rings is 1. The Kier molecular flexibility index (Phi) is 9.38. The molecule has 1 saturated heterocycles. The summed E-state index contributed by atoms with van der Waals surface area (Å²) in [5.41, 5.74) is 5.69. The molecule has 2 aromatic carbocycles. The summed E-state index contributed by atoms with van der Waals surface area (Å²) < 4.78 is 45.0. The monoisotopic (exact) mass is 614 g/mol. The number of nitrogen functional groups attached to an aromatic ring is 1. The number of nitrogens with one attached hydrogen (secondary N) is 3. The normalized spacial score (nSPS) is 13.5. The minimum Gasteiger partial charge on any atom is -0.497 e. The number of hydrogen-bond donors (Lipinski definition) is 4. The third kappa shape index (κ3) is 7.40. The molecule has 1 fully saturated rings. The molecule has 0 spiro atoms. The van der Waals surface area contributed by atoms with Crippen LogP contribution >= 0.6 is 11.3 Å². The molecule has 0 atom stereocenters. The van der Waals surface area contributed by atoms with E-state index in [1.807, 2.05) is 0 Å². The van der Waals surface area contributed by atoms with E-state index >= 15 is 0 Å². The number of aromatic nitrogens is 3. The lowest BCUT2D eigenvalue weighted by Gasteiger charge is -2.26. The van der Waals surface area contributed by atoms with Crippen LogP contribution in [0.5, 0.6) is 5.75 Å². The smallest absolute Gasteiger partial charge is 0.321 e. The molecule has 3 heterocycles. The average molecular weight is 615 g/mol. The molecule has 3 amide bonds. The van der Waals surface area contributed by atoms with E-state index in [0.29, 0.717) is 31.6 Å². The van der Waals surface area contributed by atoms with Gasteiger partial charge in [0.2, 0.25) is 5.82 Å². The van der Waals surface area contributed by atoms with E-state index in [0.717, 1.165) is 43.5 Å². The maximum Gasteiger partial charge on any atom is 0.321 e. The Morgan fingerprint density at radius 1 is 1.12 bits per heavy atom. The number of morpholine rings is 1. The zero-order valence-corrected chi connectivity index (χ0v) is 23.8. The minimum atomic E-state index is -0.997. The van der Waals surface area contributed by atoms with Gasteiger partial charge in [0.25, 0.3) is 11.8 Å².